The van der Waals surface area contributed by atoms with E-state index >= 15 is 0 Å². The van der Waals surface area contributed by atoms with E-state index in [1.807, 2.05) is 6.26 Å². The largest absolute Gasteiger partial charge is 0.338 e. The standard InChI is InChI=1S/C14H18N2O3S/c1-10-4-3-7-15(9-10)14(17)12-8-11(20-2)5-6-13(12)16(18)19/h5-6,8,10H,3-4,7,9H2,1-2H3. The fourth-order valence-electron chi connectivity index (χ4n) is 2.52. The van der Waals surface area contributed by atoms with E-state index in [4.69, 9.17) is 0 Å². The van der Waals surface area contributed by atoms with Crippen molar-refractivity contribution in [1.82, 2.24) is 4.90 Å². The van der Waals surface area contributed by atoms with Crippen LogP contribution in [0, 0.1) is 16.0 Å². The summed E-state index contributed by atoms with van der Waals surface area (Å²) in [6.07, 6.45) is 3.96. The number of carbonyl (C=O) groups excluding carboxylic acids is 1. The summed E-state index contributed by atoms with van der Waals surface area (Å²) in [6, 6.07) is 4.73. The number of thioether (sulfide) groups is 1. The van der Waals surface area contributed by atoms with Crippen molar-refractivity contribution >= 4 is 23.4 Å². The van der Waals surface area contributed by atoms with Gasteiger partial charge in [-0.15, -0.1) is 11.8 Å². The van der Waals surface area contributed by atoms with Gasteiger partial charge in [-0.25, -0.2) is 0 Å². The lowest BCUT2D eigenvalue weighted by Gasteiger charge is -2.30. The van der Waals surface area contributed by atoms with E-state index in [1.165, 1.54) is 17.8 Å². The zero-order chi connectivity index (χ0) is 14.7. The molecule has 108 valence electrons. The van der Waals surface area contributed by atoms with Gasteiger partial charge in [0.05, 0.1) is 4.92 Å². The summed E-state index contributed by atoms with van der Waals surface area (Å²) in [5.74, 6) is 0.231. The Morgan fingerprint density at radius 3 is 2.85 bits per heavy atom. The first kappa shape index (κ1) is 14.8. The number of likely N-dealkylation sites (tertiary alicyclic amines) is 1. The SMILES string of the molecule is CSc1ccc([N+](=O)[O-])c(C(=O)N2CCCC(C)C2)c1. The van der Waals surface area contributed by atoms with Crippen LogP contribution in [0.4, 0.5) is 5.69 Å². The summed E-state index contributed by atoms with van der Waals surface area (Å²) < 4.78 is 0. The van der Waals surface area contributed by atoms with E-state index < -0.39 is 4.92 Å². The van der Waals surface area contributed by atoms with Gasteiger partial charge in [-0.1, -0.05) is 6.92 Å². The van der Waals surface area contributed by atoms with Gasteiger partial charge in [0.25, 0.3) is 11.6 Å². The van der Waals surface area contributed by atoms with Crippen LogP contribution in [-0.4, -0.2) is 35.1 Å². The van der Waals surface area contributed by atoms with Crippen molar-refractivity contribution in [2.75, 3.05) is 19.3 Å². The Hall–Kier alpha value is -1.56. The number of piperidine rings is 1. The van der Waals surface area contributed by atoms with E-state index in [-0.39, 0.29) is 17.2 Å². The second kappa shape index (κ2) is 6.26. The number of benzene rings is 1. The second-order valence-electron chi connectivity index (χ2n) is 5.14. The summed E-state index contributed by atoms with van der Waals surface area (Å²) >= 11 is 1.47. The van der Waals surface area contributed by atoms with Crippen molar-refractivity contribution in [2.24, 2.45) is 5.92 Å². The molecule has 0 spiro atoms. The van der Waals surface area contributed by atoms with E-state index in [2.05, 4.69) is 6.92 Å². The second-order valence-corrected chi connectivity index (χ2v) is 6.02. The zero-order valence-electron chi connectivity index (χ0n) is 11.7. The first-order valence-electron chi connectivity index (χ1n) is 6.64. The molecule has 6 heteroatoms. The van der Waals surface area contributed by atoms with Crippen molar-refractivity contribution < 1.29 is 9.72 Å². The minimum Gasteiger partial charge on any atom is -0.338 e. The Balaban J connectivity index is 2.34. The molecule has 1 saturated heterocycles. The number of amides is 1. The van der Waals surface area contributed by atoms with Crippen LogP contribution < -0.4 is 0 Å². The molecule has 1 amide bonds. The van der Waals surface area contributed by atoms with Crippen LogP contribution in [0.1, 0.15) is 30.1 Å². The van der Waals surface area contributed by atoms with Gasteiger partial charge >= 0.3 is 0 Å². The maximum atomic E-state index is 12.6. The molecule has 0 N–H and O–H groups in total. The van der Waals surface area contributed by atoms with Crippen LogP contribution >= 0.6 is 11.8 Å². The molecule has 1 atom stereocenters. The van der Waals surface area contributed by atoms with Crippen LogP contribution in [0.25, 0.3) is 0 Å². The number of rotatable bonds is 3. The summed E-state index contributed by atoms with van der Waals surface area (Å²) in [5, 5.41) is 11.1. The average molecular weight is 294 g/mol. The van der Waals surface area contributed by atoms with Gasteiger partial charge in [0.1, 0.15) is 5.56 Å². The fourth-order valence-corrected chi connectivity index (χ4v) is 2.96. The molecule has 1 aliphatic heterocycles. The third-order valence-electron chi connectivity index (χ3n) is 3.58. The Kier molecular flexibility index (Phi) is 4.65. The van der Waals surface area contributed by atoms with Gasteiger partial charge in [0.15, 0.2) is 0 Å². The fraction of sp³-hybridized carbons (Fsp3) is 0.500. The van der Waals surface area contributed by atoms with E-state index in [0.717, 1.165) is 17.7 Å². The van der Waals surface area contributed by atoms with E-state index in [9.17, 15) is 14.9 Å². The molecule has 1 unspecified atom stereocenters. The van der Waals surface area contributed by atoms with Gasteiger partial charge in [0, 0.05) is 24.1 Å². The normalized spacial score (nSPS) is 18.9. The summed E-state index contributed by atoms with van der Waals surface area (Å²) in [5.41, 5.74) is 0.0991. The number of hydrogen-bond acceptors (Lipinski definition) is 4. The predicted molar refractivity (Wildman–Crippen MR) is 79.2 cm³/mol. The van der Waals surface area contributed by atoms with Crippen molar-refractivity contribution in [3.05, 3.63) is 33.9 Å². The van der Waals surface area contributed by atoms with Crippen molar-refractivity contribution in [2.45, 2.75) is 24.7 Å². The Bertz CT molecular complexity index is 533. The lowest BCUT2D eigenvalue weighted by Crippen LogP contribution is -2.39. The third kappa shape index (κ3) is 3.12. The topological polar surface area (TPSA) is 63.5 Å². The molecule has 0 aromatic heterocycles. The van der Waals surface area contributed by atoms with Gasteiger partial charge < -0.3 is 4.90 Å². The first-order chi connectivity index (χ1) is 9.52. The molecule has 1 aliphatic rings. The molecule has 20 heavy (non-hydrogen) atoms. The molecular formula is C14H18N2O3S. The number of nitrogens with zero attached hydrogens (tertiary/aromatic N) is 2. The molecule has 2 rings (SSSR count). The van der Waals surface area contributed by atoms with E-state index in [1.54, 1.807) is 17.0 Å². The van der Waals surface area contributed by atoms with Crippen molar-refractivity contribution in [3.8, 4) is 0 Å². The van der Waals surface area contributed by atoms with Crippen LogP contribution in [0.15, 0.2) is 23.1 Å². The smallest absolute Gasteiger partial charge is 0.282 e. The molecular weight excluding hydrogens is 276 g/mol. The molecule has 1 aromatic rings. The summed E-state index contributed by atoms with van der Waals surface area (Å²) in [6.45, 7) is 3.47. The van der Waals surface area contributed by atoms with Crippen LogP contribution in [0.3, 0.4) is 0 Å². The Labute approximate surface area is 122 Å². The lowest BCUT2D eigenvalue weighted by molar-refractivity contribution is -0.385. The molecule has 1 fully saturated rings. The van der Waals surface area contributed by atoms with Gasteiger partial charge in [-0.2, -0.15) is 0 Å². The maximum Gasteiger partial charge on any atom is 0.282 e. The molecule has 1 heterocycles. The summed E-state index contributed by atoms with van der Waals surface area (Å²) in [4.78, 5) is 25.8. The maximum absolute atomic E-state index is 12.6. The monoisotopic (exact) mass is 294 g/mol. The molecule has 0 bridgehead atoms. The van der Waals surface area contributed by atoms with Gasteiger partial charge in [-0.3, -0.25) is 14.9 Å². The third-order valence-corrected chi connectivity index (χ3v) is 4.30. The van der Waals surface area contributed by atoms with Gasteiger partial charge in [0.2, 0.25) is 0 Å². The van der Waals surface area contributed by atoms with Crippen LogP contribution in [0.2, 0.25) is 0 Å². The Morgan fingerprint density at radius 1 is 1.50 bits per heavy atom. The molecule has 0 aliphatic carbocycles. The molecule has 5 nitrogen and oxygen atoms in total. The number of nitro groups is 1. The van der Waals surface area contributed by atoms with Gasteiger partial charge in [-0.05, 0) is 37.1 Å². The highest BCUT2D eigenvalue weighted by Gasteiger charge is 2.27. The van der Waals surface area contributed by atoms with Crippen molar-refractivity contribution in [3.63, 3.8) is 0 Å². The highest BCUT2D eigenvalue weighted by atomic mass is 32.2. The van der Waals surface area contributed by atoms with Crippen LogP contribution in [-0.2, 0) is 0 Å². The van der Waals surface area contributed by atoms with Crippen LogP contribution in [0.5, 0.6) is 0 Å². The quantitative estimate of drug-likeness (QED) is 0.488. The van der Waals surface area contributed by atoms with Crippen molar-refractivity contribution in [1.29, 1.82) is 0 Å². The highest BCUT2D eigenvalue weighted by Crippen LogP contribution is 2.27. The Morgan fingerprint density at radius 2 is 2.25 bits per heavy atom. The highest BCUT2D eigenvalue weighted by molar-refractivity contribution is 7.98. The number of carbonyl (C=O) groups is 1. The van der Waals surface area contributed by atoms with E-state index in [0.29, 0.717) is 19.0 Å². The lowest BCUT2D eigenvalue weighted by atomic mass is 9.99. The minimum absolute atomic E-state index is 0.106. The minimum atomic E-state index is -0.481. The number of nitro benzene ring substituents is 1. The predicted octanol–water partition coefficient (Wildman–Crippen LogP) is 3.19. The average Bonchev–Trinajstić information content (AvgIpc) is 2.45. The first-order valence-corrected chi connectivity index (χ1v) is 7.87. The molecule has 0 radical (unpaired) electrons. The molecule has 0 saturated carbocycles. The summed E-state index contributed by atoms with van der Waals surface area (Å²) in [7, 11) is 0. The number of hydrogen-bond donors (Lipinski definition) is 0. The molecule has 1 aromatic carbocycles. The zero-order valence-corrected chi connectivity index (χ0v) is 12.5.